The first-order chi connectivity index (χ1) is 12.7. The highest BCUT2D eigenvalue weighted by Gasteiger charge is 2.23. The molecule has 0 bridgehead atoms. The monoisotopic (exact) mass is 439 g/mol. The Balaban J connectivity index is 1.61. The van der Waals surface area contributed by atoms with Crippen molar-refractivity contribution in [3.8, 4) is 27.6 Å². The topological polar surface area (TPSA) is 30.7 Å². The molecule has 0 atom stereocenters. The van der Waals surface area contributed by atoms with Crippen LogP contribution in [0.5, 0.6) is 0 Å². The van der Waals surface area contributed by atoms with Gasteiger partial charge in [-0.2, -0.15) is 5.10 Å². The van der Waals surface area contributed by atoms with Crippen LogP contribution in [0.4, 0.5) is 0 Å². The van der Waals surface area contributed by atoms with Gasteiger partial charge in [-0.15, -0.1) is 23.1 Å². The minimum atomic E-state index is 0.906. The number of aromatic nitrogens is 3. The van der Waals surface area contributed by atoms with Crippen molar-refractivity contribution in [2.24, 2.45) is 0 Å². The van der Waals surface area contributed by atoms with Gasteiger partial charge in [-0.25, -0.2) is 9.67 Å². The molecule has 0 spiro atoms. The lowest BCUT2D eigenvalue weighted by molar-refractivity contribution is 0.875. The van der Waals surface area contributed by atoms with Crippen LogP contribution in [0, 0.1) is 6.92 Å². The number of nitrogens with zero attached hydrogens (tertiary/aromatic N) is 3. The molecule has 0 unspecified atom stereocenters. The normalized spacial score (nSPS) is 12.7. The van der Waals surface area contributed by atoms with Crippen molar-refractivity contribution in [3.05, 3.63) is 69.6 Å². The molecule has 1 aliphatic heterocycles. The Morgan fingerprint density at radius 3 is 2.81 bits per heavy atom. The van der Waals surface area contributed by atoms with Gasteiger partial charge in [-0.1, -0.05) is 39.7 Å². The van der Waals surface area contributed by atoms with Gasteiger partial charge in [0.2, 0.25) is 5.13 Å². The number of thiazole rings is 1. The molecule has 3 nitrogen and oxygen atoms in total. The SMILES string of the molecule is Cc1ccc2c(c1)-c1c(cnn1-c1nc(-c3ccc(Br)cc3)cs1)CS2. The van der Waals surface area contributed by atoms with Crippen molar-refractivity contribution in [1.82, 2.24) is 14.8 Å². The first kappa shape index (κ1) is 16.3. The molecular formula is C20H14BrN3S2. The highest BCUT2D eigenvalue weighted by atomic mass is 79.9. The molecule has 0 saturated carbocycles. The van der Waals surface area contributed by atoms with E-state index >= 15 is 0 Å². The third kappa shape index (κ3) is 2.73. The van der Waals surface area contributed by atoms with Crippen LogP contribution in [-0.2, 0) is 5.75 Å². The van der Waals surface area contributed by atoms with Crippen LogP contribution in [0.1, 0.15) is 11.1 Å². The van der Waals surface area contributed by atoms with E-state index in [1.165, 1.54) is 27.3 Å². The summed E-state index contributed by atoms with van der Waals surface area (Å²) in [7, 11) is 0. The first-order valence-corrected chi connectivity index (χ1v) is 10.9. The maximum Gasteiger partial charge on any atom is 0.211 e. The van der Waals surface area contributed by atoms with Crippen molar-refractivity contribution >= 4 is 39.0 Å². The smallest absolute Gasteiger partial charge is 0.211 e. The van der Waals surface area contributed by atoms with E-state index in [4.69, 9.17) is 4.98 Å². The molecule has 0 aliphatic carbocycles. The summed E-state index contributed by atoms with van der Waals surface area (Å²) < 4.78 is 3.07. The minimum absolute atomic E-state index is 0.906. The predicted octanol–water partition coefficient (Wildman–Crippen LogP) is 6.34. The maximum absolute atomic E-state index is 4.85. The standard InChI is InChI=1S/C20H14BrN3S2/c1-12-2-7-18-16(8-12)19-14(10-25-18)9-22-24(19)20-23-17(11-26-20)13-3-5-15(21)6-4-13/h2-9,11H,10H2,1H3. The molecule has 6 heteroatoms. The fourth-order valence-corrected chi connectivity index (χ4v) is 5.20. The van der Waals surface area contributed by atoms with E-state index in [0.29, 0.717) is 0 Å². The summed E-state index contributed by atoms with van der Waals surface area (Å²) in [5.41, 5.74) is 7.07. The van der Waals surface area contributed by atoms with E-state index in [0.717, 1.165) is 26.6 Å². The Hall–Kier alpha value is -1.89. The lowest BCUT2D eigenvalue weighted by atomic mass is 10.1. The molecule has 4 aromatic rings. The number of benzene rings is 2. The second-order valence-electron chi connectivity index (χ2n) is 6.24. The number of fused-ring (bicyclic) bond motifs is 3. The average molecular weight is 440 g/mol. The number of hydrogen-bond acceptors (Lipinski definition) is 4. The van der Waals surface area contributed by atoms with Gasteiger partial charge in [-0.05, 0) is 31.2 Å². The van der Waals surface area contributed by atoms with E-state index < -0.39 is 0 Å². The fraction of sp³-hybridized carbons (Fsp3) is 0.100. The molecule has 5 rings (SSSR count). The number of hydrogen-bond donors (Lipinski definition) is 0. The second kappa shape index (κ2) is 6.37. The largest absolute Gasteiger partial charge is 0.218 e. The average Bonchev–Trinajstić information content (AvgIpc) is 3.29. The van der Waals surface area contributed by atoms with Gasteiger partial charge < -0.3 is 0 Å². The Morgan fingerprint density at radius 1 is 1.12 bits per heavy atom. The Kier molecular flexibility index (Phi) is 3.99. The third-order valence-electron chi connectivity index (χ3n) is 4.43. The Morgan fingerprint density at radius 2 is 1.96 bits per heavy atom. The summed E-state index contributed by atoms with van der Waals surface area (Å²) in [5, 5.41) is 7.67. The zero-order valence-corrected chi connectivity index (χ0v) is 17.2. The van der Waals surface area contributed by atoms with Gasteiger partial charge in [-0.3, -0.25) is 0 Å². The highest BCUT2D eigenvalue weighted by Crippen LogP contribution is 2.43. The van der Waals surface area contributed by atoms with Crippen molar-refractivity contribution in [3.63, 3.8) is 0 Å². The number of rotatable bonds is 2. The lowest BCUT2D eigenvalue weighted by Crippen LogP contribution is -2.03. The maximum atomic E-state index is 4.85. The molecule has 0 radical (unpaired) electrons. The molecule has 2 aromatic carbocycles. The van der Waals surface area contributed by atoms with E-state index in [-0.39, 0.29) is 0 Å². The van der Waals surface area contributed by atoms with E-state index in [9.17, 15) is 0 Å². The van der Waals surface area contributed by atoms with E-state index in [2.05, 4.69) is 63.7 Å². The van der Waals surface area contributed by atoms with Crippen LogP contribution in [0.2, 0.25) is 0 Å². The van der Waals surface area contributed by atoms with E-state index in [1.54, 1.807) is 11.3 Å². The summed E-state index contributed by atoms with van der Waals surface area (Å²) in [5.74, 6) is 0.955. The van der Waals surface area contributed by atoms with Crippen LogP contribution in [-0.4, -0.2) is 14.8 Å². The molecule has 26 heavy (non-hydrogen) atoms. The van der Waals surface area contributed by atoms with Gasteiger partial charge >= 0.3 is 0 Å². The molecule has 0 amide bonds. The second-order valence-corrected chi connectivity index (χ2v) is 9.01. The van der Waals surface area contributed by atoms with Crippen molar-refractivity contribution in [2.75, 3.05) is 0 Å². The van der Waals surface area contributed by atoms with Gasteiger partial charge in [0.15, 0.2) is 0 Å². The summed E-state index contributed by atoms with van der Waals surface area (Å²) in [4.78, 5) is 6.17. The lowest BCUT2D eigenvalue weighted by Gasteiger charge is -2.17. The Bertz CT molecular complexity index is 1110. The molecular weight excluding hydrogens is 426 g/mol. The van der Waals surface area contributed by atoms with Gasteiger partial charge in [0.25, 0.3) is 0 Å². The van der Waals surface area contributed by atoms with Crippen LogP contribution in [0.25, 0.3) is 27.6 Å². The Labute approximate surface area is 168 Å². The molecule has 1 aliphatic rings. The van der Waals surface area contributed by atoms with Gasteiger partial charge in [0.1, 0.15) is 0 Å². The molecule has 0 saturated heterocycles. The number of halogens is 1. The summed E-state index contributed by atoms with van der Waals surface area (Å²) in [6, 6.07) is 14.9. The van der Waals surface area contributed by atoms with Crippen molar-refractivity contribution in [1.29, 1.82) is 0 Å². The summed E-state index contributed by atoms with van der Waals surface area (Å²) >= 11 is 6.99. The molecule has 0 fully saturated rings. The number of aryl methyl sites for hydroxylation is 1. The third-order valence-corrected chi connectivity index (χ3v) is 6.90. The minimum Gasteiger partial charge on any atom is -0.218 e. The zero-order valence-electron chi connectivity index (χ0n) is 13.9. The van der Waals surface area contributed by atoms with E-state index in [1.807, 2.05) is 34.8 Å². The van der Waals surface area contributed by atoms with Gasteiger partial charge in [0, 0.05) is 37.2 Å². The molecule has 128 valence electrons. The van der Waals surface area contributed by atoms with Crippen LogP contribution in [0.15, 0.2) is 63.4 Å². The summed E-state index contributed by atoms with van der Waals surface area (Å²) in [6.45, 7) is 2.13. The summed E-state index contributed by atoms with van der Waals surface area (Å²) in [6.07, 6.45) is 1.98. The molecule has 2 aromatic heterocycles. The zero-order chi connectivity index (χ0) is 17.7. The highest BCUT2D eigenvalue weighted by molar-refractivity contribution is 9.10. The fourth-order valence-electron chi connectivity index (χ4n) is 3.15. The first-order valence-electron chi connectivity index (χ1n) is 8.21. The number of thioether (sulfide) groups is 1. The van der Waals surface area contributed by atoms with Crippen molar-refractivity contribution in [2.45, 2.75) is 17.6 Å². The van der Waals surface area contributed by atoms with Crippen LogP contribution < -0.4 is 0 Å². The predicted molar refractivity (Wildman–Crippen MR) is 112 cm³/mol. The van der Waals surface area contributed by atoms with Crippen LogP contribution in [0.3, 0.4) is 0 Å². The van der Waals surface area contributed by atoms with Gasteiger partial charge in [0.05, 0.1) is 17.6 Å². The molecule has 3 heterocycles. The molecule has 0 N–H and O–H groups in total. The quantitative estimate of drug-likeness (QED) is 0.365. The van der Waals surface area contributed by atoms with Crippen LogP contribution >= 0.6 is 39.0 Å². The van der Waals surface area contributed by atoms with Crippen molar-refractivity contribution < 1.29 is 0 Å².